The second-order valence-corrected chi connectivity index (χ2v) is 5.85. The van der Waals surface area contributed by atoms with Gasteiger partial charge in [0, 0.05) is 31.0 Å². The number of pyridine rings is 1. The molecule has 4 nitrogen and oxygen atoms in total. The molecule has 1 aromatic heterocycles. The molecule has 0 bridgehead atoms. The van der Waals surface area contributed by atoms with Crippen LogP contribution in [0.3, 0.4) is 0 Å². The summed E-state index contributed by atoms with van der Waals surface area (Å²) in [4.78, 5) is 18.5. The van der Waals surface area contributed by atoms with Crippen LogP contribution in [-0.4, -0.2) is 34.0 Å². The molecule has 2 heterocycles. The van der Waals surface area contributed by atoms with E-state index in [0.29, 0.717) is 11.5 Å². The summed E-state index contributed by atoms with van der Waals surface area (Å²) < 4.78 is 0. The molecular weight excluding hydrogens is 276 g/mol. The Hall–Kier alpha value is -2.36. The maximum Gasteiger partial charge on any atom is 0.253 e. The first-order valence-electron chi connectivity index (χ1n) is 7.69. The zero-order chi connectivity index (χ0) is 15.4. The number of nitrogens with zero attached hydrogens (tertiary/aromatic N) is 2. The fourth-order valence-electron chi connectivity index (χ4n) is 3.01. The van der Waals surface area contributed by atoms with E-state index in [4.69, 9.17) is 0 Å². The average molecular weight is 296 g/mol. The number of piperidine rings is 1. The number of hydrogen-bond donors (Lipinski definition) is 1. The number of carbonyl (C=O) groups excluding carboxylic acids is 1. The van der Waals surface area contributed by atoms with Crippen molar-refractivity contribution in [3.8, 4) is 5.75 Å². The van der Waals surface area contributed by atoms with Crippen LogP contribution in [0.1, 0.15) is 28.8 Å². The molecule has 3 rings (SSSR count). The molecule has 2 aromatic rings. The van der Waals surface area contributed by atoms with Gasteiger partial charge in [0.1, 0.15) is 5.75 Å². The summed E-state index contributed by atoms with van der Waals surface area (Å²) in [6.45, 7) is 1.55. The fourth-order valence-corrected chi connectivity index (χ4v) is 3.01. The van der Waals surface area contributed by atoms with Gasteiger partial charge in [0.2, 0.25) is 0 Å². The second kappa shape index (κ2) is 6.60. The number of likely N-dealkylation sites (tertiary alicyclic amines) is 1. The topological polar surface area (TPSA) is 53.4 Å². The lowest BCUT2D eigenvalue weighted by atomic mass is 9.90. The summed E-state index contributed by atoms with van der Waals surface area (Å²) in [5, 5.41) is 9.49. The maximum atomic E-state index is 12.4. The quantitative estimate of drug-likeness (QED) is 0.947. The third kappa shape index (κ3) is 3.45. The number of phenols is 1. The molecule has 1 N–H and O–H groups in total. The molecule has 0 unspecified atom stereocenters. The van der Waals surface area contributed by atoms with E-state index < -0.39 is 0 Å². The lowest BCUT2D eigenvalue weighted by Gasteiger charge is -2.32. The molecule has 0 spiro atoms. The number of rotatable bonds is 3. The summed E-state index contributed by atoms with van der Waals surface area (Å²) in [6, 6.07) is 10.6. The molecule has 1 aliphatic rings. The number of hydrogen-bond acceptors (Lipinski definition) is 3. The normalized spacial score (nSPS) is 15.7. The van der Waals surface area contributed by atoms with E-state index in [2.05, 4.69) is 11.1 Å². The summed E-state index contributed by atoms with van der Waals surface area (Å²) in [6.07, 6.45) is 6.77. The van der Waals surface area contributed by atoms with Gasteiger partial charge in [-0.1, -0.05) is 12.1 Å². The van der Waals surface area contributed by atoms with Crippen LogP contribution in [0.15, 0.2) is 48.8 Å². The van der Waals surface area contributed by atoms with E-state index in [1.54, 1.807) is 24.4 Å². The summed E-state index contributed by atoms with van der Waals surface area (Å²) >= 11 is 0. The standard InChI is InChI=1S/C18H20N2O2/c21-17-5-1-4-16(12-17)18(22)20-9-6-14(7-10-20)11-15-3-2-8-19-13-15/h1-5,8,12-14,21H,6-7,9-11H2. The molecule has 1 aliphatic heterocycles. The number of amides is 1. The van der Waals surface area contributed by atoms with E-state index in [-0.39, 0.29) is 11.7 Å². The zero-order valence-electron chi connectivity index (χ0n) is 12.5. The molecule has 0 saturated carbocycles. The molecule has 1 fully saturated rings. The van der Waals surface area contributed by atoms with E-state index in [1.807, 2.05) is 17.2 Å². The first-order valence-corrected chi connectivity index (χ1v) is 7.69. The summed E-state index contributed by atoms with van der Waals surface area (Å²) in [7, 11) is 0. The minimum atomic E-state index is 0.00993. The van der Waals surface area contributed by atoms with Crippen LogP contribution in [0, 0.1) is 5.92 Å². The van der Waals surface area contributed by atoms with Gasteiger partial charge in [0.25, 0.3) is 5.91 Å². The fraction of sp³-hybridized carbons (Fsp3) is 0.333. The monoisotopic (exact) mass is 296 g/mol. The van der Waals surface area contributed by atoms with Crippen molar-refractivity contribution in [2.75, 3.05) is 13.1 Å². The lowest BCUT2D eigenvalue weighted by molar-refractivity contribution is 0.0690. The number of carbonyl (C=O) groups is 1. The first-order chi connectivity index (χ1) is 10.7. The molecule has 1 amide bonds. The first kappa shape index (κ1) is 14.6. The highest BCUT2D eigenvalue weighted by Gasteiger charge is 2.23. The maximum absolute atomic E-state index is 12.4. The van der Waals surface area contributed by atoms with E-state index in [0.717, 1.165) is 32.4 Å². The molecule has 1 aromatic carbocycles. The van der Waals surface area contributed by atoms with Crippen LogP contribution in [-0.2, 0) is 6.42 Å². The molecular formula is C18H20N2O2. The van der Waals surface area contributed by atoms with Gasteiger partial charge in [-0.15, -0.1) is 0 Å². The number of phenolic OH excluding ortho intramolecular Hbond substituents is 1. The average Bonchev–Trinajstić information content (AvgIpc) is 2.56. The van der Waals surface area contributed by atoms with Crippen molar-refractivity contribution in [3.05, 3.63) is 59.9 Å². The Morgan fingerprint density at radius 3 is 2.73 bits per heavy atom. The van der Waals surface area contributed by atoms with E-state index >= 15 is 0 Å². The lowest BCUT2D eigenvalue weighted by Crippen LogP contribution is -2.38. The van der Waals surface area contributed by atoms with Crippen molar-refractivity contribution < 1.29 is 9.90 Å². The van der Waals surface area contributed by atoms with Gasteiger partial charge in [-0.05, 0) is 55.0 Å². The minimum absolute atomic E-state index is 0.00993. The largest absolute Gasteiger partial charge is 0.508 e. The van der Waals surface area contributed by atoms with Crippen molar-refractivity contribution >= 4 is 5.91 Å². The summed E-state index contributed by atoms with van der Waals surface area (Å²) in [5.74, 6) is 0.755. The molecule has 0 aliphatic carbocycles. The van der Waals surface area contributed by atoms with Crippen molar-refractivity contribution in [2.45, 2.75) is 19.3 Å². The predicted octanol–water partition coefficient (Wildman–Crippen LogP) is 2.88. The number of benzene rings is 1. The minimum Gasteiger partial charge on any atom is -0.508 e. The Labute approximate surface area is 130 Å². The second-order valence-electron chi connectivity index (χ2n) is 5.85. The SMILES string of the molecule is O=C(c1cccc(O)c1)N1CCC(Cc2cccnc2)CC1. The molecule has 114 valence electrons. The third-order valence-corrected chi connectivity index (χ3v) is 4.24. The molecule has 0 atom stereocenters. The Bertz CT molecular complexity index is 635. The van der Waals surface area contributed by atoms with Crippen molar-refractivity contribution in [2.24, 2.45) is 5.92 Å². The zero-order valence-corrected chi connectivity index (χ0v) is 12.5. The van der Waals surface area contributed by atoms with Gasteiger partial charge in [-0.3, -0.25) is 9.78 Å². The highest BCUT2D eigenvalue weighted by Crippen LogP contribution is 2.23. The molecule has 0 radical (unpaired) electrons. The van der Waals surface area contributed by atoms with Crippen LogP contribution in [0.2, 0.25) is 0 Å². The van der Waals surface area contributed by atoms with Crippen molar-refractivity contribution in [3.63, 3.8) is 0 Å². The molecule has 1 saturated heterocycles. The Morgan fingerprint density at radius 2 is 2.05 bits per heavy atom. The highest BCUT2D eigenvalue weighted by molar-refractivity contribution is 5.94. The van der Waals surface area contributed by atoms with Gasteiger partial charge < -0.3 is 10.0 Å². The van der Waals surface area contributed by atoms with Gasteiger partial charge in [-0.25, -0.2) is 0 Å². The smallest absolute Gasteiger partial charge is 0.253 e. The van der Waals surface area contributed by atoms with Crippen molar-refractivity contribution in [1.82, 2.24) is 9.88 Å². The van der Waals surface area contributed by atoms with Crippen LogP contribution in [0.5, 0.6) is 5.75 Å². The Balaban J connectivity index is 1.56. The van der Waals surface area contributed by atoms with Gasteiger partial charge in [-0.2, -0.15) is 0 Å². The predicted molar refractivity (Wildman–Crippen MR) is 84.7 cm³/mol. The third-order valence-electron chi connectivity index (χ3n) is 4.24. The van der Waals surface area contributed by atoms with Crippen LogP contribution < -0.4 is 0 Å². The van der Waals surface area contributed by atoms with Gasteiger partial charge >= 0.3 is 0 Å². The van der Waals surface area contributed by atoms with Gasteiger partial charge in [0.05, 0.1) is 0 Å². The van der Waals surface area contributed by atoms with Crippen LogP contribution in [0.25, 0.3) is 0 Å². The number of aromatic hydroxyl groups is 1. The highest BCUT2D eigenvalue weighted by atomic mass is 16.3. The molecule has 4 heteroatoms. The van der Waals surface area contributed by atoms with Crippen LogP contribution in [0.4, 0.5) is 0 Å². The summed E-state index contributed by atoms with van der Waals surface area (Å²) in [5.41, 5.74) is 1.82. The van der Waals surface area contributed by atoms with Crippen molar-refractivity contribution in [1.29, 1.82) is 0 Å². The van der Waals surface area contributed by atoms with E-state index in [1.165, 1.54) is 11.6 Å². The number of aromatic nitrogens is 1. The van der Waals surface area contributed by atoms with Gasteiger partial charge in [0.15, 0.2) is 0 Å². The molecule has 22 heavy (non-hydrogen) atoms. The Kier molecular flexibility index (Phi) is 4.37. The Morgan fingerprint density at radius 1 is 1.23 bits per heavy atom. The van der Waals surface area contributed by atoms with Crippen LogP contribution >= 0.6 is 0 Å². The van der Waals surface area contributed by atoms with E-state index in [9.17, 15) is 9.90 Å².